The molecule has 5 nitrogen and oxygen atoms in total. The van der Waals surface area contributed by atoms with Crippen molar-refractivity contribution in [3.05, 3.63) is 0 Å². The van der Waals surface area contributed by atoms with Crippen molar-refractivity contribution in [3.63, 3.8) is 0 Å². The van der Waals surface area contributed by atoms with Gasteiger partial charge in [-0.3, -0.25) is 14.9 Å². The lowest BCUT2D eigenvalue weighted by molar-refractivity contribution is -0.141. The van der Waals surface area contributed by atoms with Gasteiger partial charge in [0.1, 0.15) is 0 Å². The van der Waals surface area contributed by atoms with Crippen molar-refractivity contribution in [1.29, 1.82) is 0 Å². The summed E-state index contributed by atoms with van der Waals surface area (Å²) in [4.78, 5) is 25.5. The van der Waals surface area contributed by atoms with Crippen molar-refractivity contribution in [2.75, 3.05) is 13.7 Å². The van der Waals surface area contributed by atoms with Crippen molar-refractivity contribution in [2.24, 2.45) is 11.8 Å². The fourth-order valence-corrected chi connectivity index (χ4v) is 2.42. The van der Waals surface area contributed by atoms with Crippen molar-refractivity contribution in [2.45, 2.75) is 52.7 Å². The van der Waals surface area contributed by atoms with Crippen LogP contribution >= 0.6 is 0 Å². The van der Waals surface area contributed by atoms with Gasteiger partial charge in [0, 0.05) is 6.54 Å². The Balaban J connectivity index is 2.74. The Bertz CT molecular complexity index is 331. The molecule has 5 heteroatoms. The molecule has 0 aromatic rings. The number of esters is 1. The molecular weight excluding hydrogens is 244 g/mol. The minimum Gasteiger partial charge on any atom is -0.469 e. The molecule has 19 heavy (non-hydrogen) atoms. The van der Waals surface area contributed by atoms with Crippen LogP contribution in [0.15, 0.2) is 0 Å². The van der Waals surface area contributed by atoms with Crippen LogP contribution in [0.5, 0.6) is 0 Å². The summed E-state index contributed by atoms with van der Waals surface area (Å²) < 4.78 is 4.64. The fourth-order valence-electron chi connectivity index (χ4n) is 2.42. The van der Waals surface area contributed by atoms with Crippen molar-refractivity contribution in [1.82, 2.24) is 10.2 Å². The molecule has 1 rings (SSSR count). The van der Waals surface area contributed by atoms with E-state index in [1.54, 1.807) is 4.90 Å². The molecule has 1 saturated heterocycles. The Hall–Kier alpha value is -1.10. The molecule has 0 radical (unpaired) electrons. The molecule has 3 atom stereocenters. The second-order valence-electron chi connectivity index (χ2n) is 5.58. The quantitative estimate of drug-likeness (QED) is 0.741. The summed E-state index contributed by atoms with van der Waals surface area (Å²) in [6, 6.07) is -0.130. The van der Waals surface area contributed by atoms with Crippen LogP contribution < -0.4 is 5.32 Å². The Morgan fingerprint density at radius 3 is 2.53 bits per heavy atom. The van der Waals surface area contributed by atoms with Gasteiger partial charge in [-0.2, -0.15) is 0 Å². The van der Waals surface area contributed by atoms with E-state index in [-0.39, 0.29) is 30.5 Å². The van der Waals surface area contributed by atoms with E-state index in [1.165, 1.54) is 7.11 Å². The number of nitrogens with one attached hydrogen (secondary N) is 1. The van der Waals surface area contributed by atoms with Gasteiger partial charge >= 0.3 is 5.97 Å². The van der Waals surface area contributed by atoms with Crippen LogP contribution in [0.1, 0.15) is 40.5 Å². The fraction of sp³-hybridized carbons (Fsp3) is 0.857. The smallest absolute Gasteiger partial charge is 0.307 e. The Kier molecular flexibility index (Phi) is 5.79. The molecule has 1 amide bonds. The van der Waals surface area contributed by atoms with Crippen LogP contribution in [0.2, 0.25) is 0 Å². The predicted molar refractivity (Wildman–Crippen MR) is 73.4 cm³/mol. The van der Waals surface area contributed by atoms with Crippen LogP contribution in [0.3, 0.4) is 0 Å². The summed E-state index contributed by atoms with van der Waals surface area (Å²) in [5, 5.41) is 3.41. The predicted octanol–water partition coefficient (Wildman–Crippen LogP) is 1.38. The molecule has 1 N–H and O–H groups in total. The highest BCUT2D eigenvalue weighted by molar-refractivity contribution is 5.85. The van der Waals surface area contributed by atoms with Gasteiger partial charge in [0.2, 0.25) is 5.91 Å². The molecule has 1 aliphatic rings. The minimum absolute atomic E-state index is 0.0103. The zero-order chi connectivity index (χ0) is 14.6. The Labute approximate surface area is 115 Å². The lowest BCUT2D eigenvalue weighted by Crippen LogP contribution is -2.42. The van der Waals surface area contributed by atoms with Gasteiger partial charge < -0.3 is 9.64 Å². The highest BCUT2D eigenvalue weighted by atomic mass is 16.5. The first-order chi connectivity index (χ1) is 8.92. The third-order valence-electron chi connectivity index (χ3n) is 3.86. The molecule has 0 aromatic carbocycles. The number of carbonyl (C=O) groups is 2. The third-order valence-corrected chi connectivity index (χ3v) is 3.86. The molecule has 1 aliphatic heterocycles. The van der Waals surface area contributed by atoms with E-state index < -0.39 is 0 Å². The first kappa shape index (κ1) is 16.0. The number of ether oxygens (including phenoxy) is 1. The molecule has 3 unspecified atom stereocenters. The first-order valence-electron chi connectivity index (χ1n) is 7.05. The largest absolute Gasteiger partial charge is 0.469 e. The van der Waals surface area contributed by atoms with Crippen LogP contribution in [0.4, 0.5) is 0 Å². The van der Waals surface area contributed by atoms with E-state index in [4.69, 9.17) is 0 Å². The number of hydrogen-bond donors (Lipinski definition) is 1. The molecule has 0 aromatic heterocycles. The van der Waals surface area contributed by atoms with E-state index >= 15 is 0 Å². The van der Waals surface area contributed by atoms with Gasteiger partial charge in [-0.25, -0.2) is 0 Å². The van der Waals surface area contributed by atoms with E-state index in [9.17, 15) is 9.59 Å². The van der Waals surface area contributed by atoms with Gasteiger partial charge in [0.05, 0.1) is 25.7 Å². The molecule has 0 bridgehead atoms. The van der Waals surface area contributed by atoms with E-state index in [1.807, 2.05) is 0 Å². The van der Waals surface area contributed by atoms with Gasteiger partial charge in [0.15, 0.2) is 0 Å². The molecule has 1 fully saturated rings. The molecule has 0 saturated carbocycles. The topological polar surface area (TPSA) is 58.6 Å². The van der Waals surface area contributed by atoms with Gasteiger partial charge in [-0.05, 0) is 11.8 Å². The summed E-state index contributed by atoms with van der Waals surface area (Å²) in [5.41, 5.74) is 0. The number of rotatable bonds is 6. The Morgan fingerprint density at radius 2 is 2.05 bits per heavy atom. The second-order valence-corrected chi connectivity index (χ2v) is 5.58. The second kappa shape index (κ2) is 6.89. The lowest BCUT2D eigenvalue weighted by Gasteiger charge is -2.26. The normalized spacial score (nSPS) is 24.9. The van der Waals surface area contributed by atoms with Crippen LogP contribution in [-0.2, 0) is 14.3 Å². The number of methoxy groups -OCH3 is 1. The van der Waals surface area contributed by atoms with Gasteiger partial charge in [-0.1, -0.05) is 34.1 Å². The molecule has 0 aliphatic carbocycles. The number of nitrogens with zero attached hydrogens (tertiary/aromatic N) is 1. The van der Waals surface area contributed by atoms with E-state index in [2.05, 4.69) is 37.7 Å². The summed E-state index contributed by atoms with van der Waals surface area (Å²) in [5.74, 6) is 0.451. The van der Waals surface area contributed by atoms with Crippen molar-refractivity contribution < 1.29 is 14.3 Å². The number of amides is 1. The summed E-state index contributed by atoms with van der Waals surface area (Å²) >= 11 is 0. The third kappa shape index (κ3) is 3.69. The maximum absolute atomic E-state index is 12.4. The lowest BCUT2D eigenvalue weighted by atomic mass is 9.99. The molecular formula is C14H26N2O3. The van der Waals surface area contributed by atoms with Crippen LogP contribution in [-0.4, -0.2) is 42.6 Å². The maximum Gasteiger partial charge on any atom is 0.307 e. The average molecular weight is 270 g/mol. The highest BCUT2D eigenvalue weighted by Gasteiger charge is 2.41. The summed E-state index contributed by atoms with van der Waals surface area (Å²) in [6.45, 7) is 8.75. The van der Waals surface area contributed by atoms with E-state index in [0.29, 0.717) is 18.4 Å². The SMILES string of the molecule is CCC(C)C1NC(C(C)C)N(CCC(=O)OC)C1=O. The molecule has 110 valence electrons. The first-order valence-corrected chi connectivity index (χ1v) is 7.05. The van der Waals surface area contributed by atoms with E-state index in [0.717, 1.165) is 6.42 Å². The molecule has 1 heterocycles. The zero-order valence-corrected chi connectivity index (χ0v) is 12.6. The summed E-state index contributed by atoms with van der Waals surface area (Å²) in [6.07, 6.45) is 1.22. The Morgan fingerprint density at radius 1 is 1.42 bits per heavy atom. The highest BCUT2D eigenvalue weighted by Crippen LogP contribution is 2.23. The number of hydrogen-bond acceptors (Lipinski definition) is 4. The minimum atomic E-state index is -0.276. The maximum atomic E-state index is 12.4. The number of carbonyl (C=O) groups excluding carboxylic acids is 2. The van der Waals surface area contributed by atoms with Crippen molar-refractivity contribution in [3.8, 4) is 0 Å². The van der Waals surface area contributed by atoms with Crippen molar-refractivity contribution >= 4 is 11.9 Å². The van der Waals surface area contributed by atoms with Crippen LogP contribution in [0.25, 0.3) is 0 Å². The average Bonchev–Trinajstić information content (AvgIpc) is 2.72. The molecule has 0 spiro atoms. The summed E-state index contributed by atoms with van der Waals surface area (Å²) in [7, 11) is 1.37. The van der Waals surface area contributed by atoms with Gasteiger partial charge in [0.25, 0.3) is 0 Å². The standard InChI is InChI=1S/C14H26N2O3/c1-6-10(4)12-14(18)16(8-7-11(17)19-5)13(15-12)9(2)3/h9-10,12-13,15H,6-8H2,1-5H3. The van der Waals surface area contributed by atoms with Gasteiger partial charge in [-0.15, -0.1) is 0 Å². The monoisotopic (exact) mass is 270 g/mol. The van der Waals surface area contributed by atoms with Crippen LogP contribution in [0, 0.1) is 11.8 Å². The zero-order valence-electron chi connectivity index (χ0n) is 12.6.